The van der Waals surface area contributed by atoms with Crippen LogP contribution in [0, 0.1) is 44.2 Å². The molecule has 0 atom stereocenters. The number of rotatable bonds is 7. The quantitative estimate of drug-likeness (QED) is 0.365. The molecule has 13 heteroatoms. The summed E-state index contributed by atoms with van der Waals surface area (Å²) in [6, 6.07) is 11.3. The van der Waals surface area contributed by atoms with Crippen LogP contribution >= 0.6 is 0 Å². The molecular formula is C22H17N5O8. The monoisotopic (exact) mass is 479 g/mol. The Balaban J connectivity index is 1.93. The smallest absolute Gasteiger partial charge is 0.292 e. The summed E-state index contributed by atoms with van der Waals surface area (Å²) in [5, 5.41) is 38.6. The summed E-state index contributed by atoms with van der Waals surface area (Å²) in [6.45, 7) is 2.79. The van der Waals surface area contributed by atoms with Crippen molar-refractivity contribution < 1.29 is 24.4 Å². The fourth-order valence-electron chi connectivity index (χ4n) is 3.40. The van der Waals surface area contributed by atoms with E-state index in [-0.39, 0.29) is 45.0 Å². The number of hydrogen-bond acceptors (Lipinski definition) is 8. The van der Waals surface area contributed by atoms with Crippen LogP contribution in [-0.2, 0) is 0 Å². The van der Waals surface area contributed by atoms with E-state index >= 15 is 0 Å². The van der Waals surface area contributed by atoms with E-state index in [4.69, 9.17) is 0 Å². The van der Waals surface area contributed by atoms with Gasteiger partial charge < -0.3 is 10.6 Å². The van der Waals surface area contributed by atoms with Gasteiger partial charge >= 0.3 is 0 Å². The van der Waals surface area contributed by atoms with Crippen molar-refractivity contribution >= 4 is 40.3 Å². The summed E-state index contributed by atoms with van der Waals surface area (Å²) in [7, 11) is 0. The van der Waals surface area contributed by atoms with Crippen LogP contribution in [0.4, 0.5) is 28.4 Å². The van der Waals surface area contributed by atoms with Gasteiger partial charge in [0.05, 0.1) is 14.8 Å². The lowest BCUT2D eigenvalue weighted by Gasteiger charge is -2.12. The molecule has 3 aromatic carbocycles. The number of nitrogens with one attached hydrogen (secondary N) is 2. The largest absolute Gasteiger partial charge is 0.322 e. The van der Waals surface area contributed by atoms with Crippen LogP contribution in [0.25, 0.3) is 0 Å². The maximum atomic E-state index is 12.8. The van der Waals surface area contributed by atoms with Gasteiger partial charge in [0.15, 0.2) is 0 Å². The molecule has 0 aromatic heterocycles. The molecule has 0 unspecified atom stereocenters. The first-order chi connectivity index (χ1) is 16.5. The van der Waals surface area contributed by atoms with E-state index in [1.54, 1.807) is 0 Å². The normalized spacial score (nSPS) is 10.3. The number of benzene rings is 3. The second kappa shape index (κ2) is 9.74. The summed E-state index contributed by atoms with van der Waals surface area (Å²) < 4.78 is 0. The number of nitro benzene ring substituents is 3. The van der Waals surface area contributed by atoms with Gasteiger partial charge in [-0.05, 0) is 38.1 Å². The van der Waals surface area contributed by atoms with Crippen molar-refractivity contribution in [2.45, 2.75) is 13.8 Å². The minimum absolute atomic E-state index is 0.0235. The van der Waals surface area contributed by atoms with E-state index in [0.29, 0.717) is 0 Å². The Morgan fingerprint density at radius 1 is 0.657 bits per heavy atom. The fourth-order valence-corrected chi connectivity index (χ4v) is 3.40. The molecule has 13 nitrogen and oxygen atoms in total. The van der Waals surface area contributed by atoms with E-state index in [1.807, 2.05) is 0 Å². The van der Waals surface area contributed by atoms with Crippen molar-refractivity contribution in [1.82, 2.24) is 0 Å². The van der Waals surface area contributed by atoms with Gasteiger partial charge in [-0.15, -0.1) is 0 Å². The third kappa shape index (κ3) is 5.08. The molecule has 0 aliphatic heterocycles. The topological polar surface area (TPSA) is 188 Å². The molecule has 0 saturated carbocycles. The number of carbonyl (C=O) groups excluding carboxylic acids is 2. The van der Waals surface area contributed by atoms with Gasteiger partial charge in [-0.3, -0.25) is 39.9 Å². The molecule has 3 rings (SSSR count). The molecule has 0 heterocycles. The molecule has 0 saturated heterocycles. The van der Waals surface area contributed by atoms with Crippen LogP contribution in [0.5, 0.6) is 0 Å². The lowest BCUT2D eigenvalue weighted by molar-refractivity contribution is -0.385. The lowest BCUT2D eigenvalue weighted by Crippen LogP contribution is -2.17. The second-order valence-electron chi connectivity index (χ2n) is 7.31. The van der Waals surface area contributed by atoms with Crippen molar-refractivity contribution in [2.75, 3.05) is 10.6 Å². The molecule has 2 amide bonds. The summed E-state index contributed by atoms with van der Waals surface area (Å²) in [5.74, 6) is -1.53. The first kappa shape index (κ1) is 24.4. The van der Waals surface area contributed by atoms with Crippen molar-refractivity contribution in [2.24, 2.45) is 0 Å². The molecule has 0 radical (unpaired) electrons. The van der Waals surface area contributed by atoms with Crippen LogP contribution in [-0.4, -0.2) is 26.6 Å². The predicted molar refractivity (Wildman–Crippen MR) is 125 cm³/mol. The molecule has 0 spiro atoms. The van der Waals surface area contributed by atoms with Crippen molar-refractivity contribution in [1.29, 1.82) is 0 Å². The predicted octanol–water partition coefficient (Wildman–Crippen LogP) is 4.53. The maximum absolute atomic E-state index is 12.8. The Kier molecular flexibility index (Phi) is 6.80. The number of amides is 2. The molecule has 0 aliphatic carbocycles. The number of carbonyl (C=O) groups is 2. The fraction of sp³-hybridized carbons (Fsp3) is 0.0909. The molecule has 0 fully saturated rings. The summed E-state index contributed by atoms with van der Waals surface area (Å²) in [5.41, 5.74) is -1.05. The average molecular weight is 479 g/mol. The molecule has 3 aromatic rings. The summed E-state index contributed by atoms with van der Waals surface area (Å²) in [4.78, 5) is 57.2. The standard InChI is InChI=1S/C22H17N5O8/c1-12-15(5-3-7-18(12)25(30)31)21(28)23-14-9-10-20(27(34)35)17(11-14)24-22(29)16-6-4-8-19(13(16)2)26(32)33/h3-11H,1-2H3,(H,23,28)(H,24,29). The van der Waals surface area contributed by atoms with Gasteiger partial charge in [0.1, 0.15) is 5.69 Å². The molecule has 178 valence electrons. The van der Waals surface area contributed by atoms with Gasteiger partial charge in [-0.25, -0.2) is 0 Å². The zero-order valence-corrected chi connectivity index (χ0v) is 18.3. The van der Waals surface area contributed by atoms with Crippen LogP contribution in [0.3, 0.4) is 0 Å². The number of nitro groups is 3. The summed E-state index contributed by atoms with van der Waals surface area (Å²) >= 11 is 0. The Morgan fingerprint density at radius 2 is 1.11 bits per heavy atom. The first-order valence-corrected chi connectivity index (χ1v) is 9.90. The average Bonchev–Trinajstić information content (AvgIpc) is 2.78. The highest BCUT2D eigenvalue weighted by molar-refractivity contribution is 6.09. The van der Waals surface area contributed by atoms with Gasteiger partial charge in [0, 0.05) is 46.1 Å². The minimum Gasteiger partial charge on any atom is -0.322 e. The van der Waals surface area contributed by atoms with Crippen molar-refractivity contribution in [3.05, 3.63) is 107 Å². The number of nitrogens with zero attached hydrogens (tertiary/aromatic N) is 3. The highest BCUT2D eigenvalue weighted by Crippen LogP contribution is 2.30. The molecular weight excluding hydrogens is 462 g/mol. The highest BCUT2D eigenvalue weighted by Gasteiger charge is 2.23. The van der Waals surface area contributed by atoms with Gasteiger partial charge in [-0.2, -0.15) is 0 Å². The van der Waals surface area contributed by atoms with E-state index in [1.165, 1.54) is 56.3 Å². The zero-order valence-electron chi connectivity index (χ0n) is 18.3. The lowest BCUT2D eigenvalue weighted by atomic mass is 10.1. The first-order valence-electron chi connectivity index (χ1n) is 9.90. The third-order valence-electron chi connectivity index (χ3n) is 5.19. The SMILES string of the molecule is Cc1c(C(=O)Nc2ccc([N+](=O)[O-])c(NC(=O)c3cccc([N+](=O)[O-])c3C)c2)cccc1[N+](=O)[O-]. The van der Waals surface area contributed by atoms with E-state index in [9.17, 15) is 39.9 Å². The Labute approximate surface area is 196 Å². The number of hydrogen-bond donors (Lipinski definition) is 2. The van der Waals surface area contributed by atoms with Crippen LogP contribution < -0.4 is 10.6 Å². The Morgan fingerprint density at radius 3 is 1.57 bits per heavy atom. The van der Waals surface area contributed by atoms with Crippen LogP contribution in [0.15, 0.2) is 54.6 Å². The van der Waals surface area contributed by atoms with Gasteiger partial charge in [-0.1, -0.05) is 12.1 Å². The van der Waals surface area contributed by atoms with Crippen molar-refractivity contribution in [3.63, 3.8) is 0 Å². The van der Waals surface area contributed by atoms with Crippen LogP contribution in [0.2, 0.25) is 0 Å². The third-order valence-corrected chi connectivity index (χ3v) is 5.19. The molecule has 35 heavy (non-hydrogen) atoms. The summed E-state index contributed by atoms with van der Waals surface area (Å²) in [6.07, 6.45) is 0. The van der Waals surface area contributed by atoms with Gasteiger partial charge in [0.2, 0.25) is 0 Å². The Hall–Kier alpha value is -5.20. The Bertz CT molecular complexity index is 1400. The molecule has 0 bridgehead atoms. The van der Waals surface area contributed by atoms with Gasteiger partial charge in [0.25, 0.3) is 28.9 Å². The van der Waals surface area contributed by atoms with E-state index < -0.39 is 32.3 Å². The van der Waals surface area contributed by atoms with Crippen LogP contribution in [0.1, 0.15) is 31.8 Å². The van der Waals surface area contributed by atoms with E-state index in [2.05, 4.69) is 10.6 Å². The molecule has 0 aliphatic rings. The highest BCUT2D eigenvalue weighted by atomic mass is 16.6. The number of anilines is 2. The van der Waals surface area contributed by atoms with E-state index in [0.717, 1.165) is 12.1 Å². The van der Waals surface area contributed by atoms with Crippen molar-refractivity contribution in [3.8, 4) is 0 Å². The maximum Gasteiger partial charge on any atom is 0.292 e. The zero-order chi connectivity index (χ0) is 25.9. The second-order valence-corrected chi connectivity index (χ2v) is 7.31. The minimum atomic E-state index is -0.827. The molecule has 2 N–H and O–H groups in total.